The number of benzene rings is 1. The van der Waals surface area contributed by atoms with Gasteiger partial charge in [0.2, 0.25) is 0 Å². The SMILES string of the molecule is CC(C)(C)OC(=O)c1cc(Br)c(Cl)cc1Cl. The number of halogens is 3. The molecule has 1 aromatic carbocycles. The number of carbonyl (C=O) groups is 1. The smallest absolute Gasteiger partial charge is 0.340 e. The van der Waals surface area contributed by atoms with Gasteiger partial charge in [-0.05, 0) is 48.8 Å². The lowest BCUT2D eigenvalue weighted by atomic mass is 10.1. The molecule has 0 spiro atoms. The standard InChI is InChI=1S/C11H11BrCl2O2/c1-11(2,3)16-10(15)6-4-7(12)9(14)5-8(6)13/h4-5H,1-3H3. The van der Waals surface area contributed by atoms with Crippen molar-refractivity contribution in [2.75, 3.05) is 0 Å². The molecule has 0 aromatic heterocycles. The first-order valence-electron chi connectivity index (χ1n) is 4.58. The average molecular weight is 326 g/mol. The molecule has 0 aliphatic heterocycles. The Morgan fingerprint density at radius 2 is 1.81 bits per heavy atom. The van der Waals surface area contributed by atoms with Crippen molar-refractivity contribution >= 4 is 45.1 Å². The fraction of sp³-hybridized carbons (Fsp3) is 0.364. The van der Waals surface area contributed by atoms with Gasteiger partial charge in [-0.2, -0.15) is 0 Å². The Labute approximate surface area is 113 Å². The van der Waals surface area contributed by atoms with Crippen molar-refractivity contribution in [3.05, 3.63) is 32.2 Å². The van der Waals surface area contributed by atoms with Crippen molar-refractivity contribution in [1.82, 2.24) is 0 Å². The Kier molecular flexibility index (Phi) is 4.27. The van der Waals surface area contributed by atoms with Gasteiger partial charge >= 0.3 is 5.97 Å². The van der Waals surface area contributed by atoms with Crippen LogP contribution in [0.25, 0.3) is 0 Å². The van der Waals surface area contributed by atoms with Crippen LogP contribution in [0, 0.1) is 0 Å². The first kappa shape index (κ1) is 13.8. The van der Waals surface area contributed by atoms with E-state index in [0.29, 0.717) is 15.1 Å². The third-order valence-electron chi connectivity index (χ3n) is 1.63. The second kappa shape index (κ2) is 4.94. The van der Waals surface area contributed by atoms with Gasteiger partial charge in [0.05, 0.1) is 15.6 Å². The van der Waals surface area contributed by atoms with Gasteiger partial charge in [-0.1, -0.05) is 23.2 Å². The van der Waals surface area contributed by atoms with Crippen LogP contribution < -0.4 is 0 Å². The lowest BCUT2D eigenvalue weighted by Crippen LogP contribution is -2.24. The molecule has 0 N–H and O–H groups in total. The molecule has 1 rings (SSSR count). The van der Waals surface area contributed by atoms with E-state index in [0.717, 1.165) is 0 Å². The molecule has 0 atom stereocenters. The monoisotopic (exact) mass is 324 g/mol. The zero-order valence-corrected chi connectivity index (χ0v) is 12.2. The Balaban J connectivity index is 3.05. The summed E-state index contributed by atoms with van der Waals surface area (Å²) in [5, 5.41) is 0.736. The average Bonchev–Trinajstić information content (AvgIpc) is 2.08. The van der Waals surface area contributed by atoms with Crippen LogP contribution >= 0.6 is 39.1 Å². The molecule has 5 heteroatoms. The van der Waals surface area contributed by atoms with Gasteiger partial charge in [0.25, 0.3) is 0 Å². The summed E-state index contributed by atoms with van der Waals surface area (Å²) in [5.41, 5.74) is -0.250. The van der Waals surface area contributed by atoms with Crippen molar-refractivity contribution in [1.29, 1.82) is 0 Å². The lowest BCUT2D eigenvalue weighted by Gasteiger charge is -2.20. The summed E-state index contributed by atoms with van der Waals surface area (Å²) in [6, 6.07) is 3.06. The number of esters is 1. The van der Waals surface area contributed by atoms with Crippen LogP contribution in [0.2, 0.25) is 10.0 Å². The molecular weight excluding hydrogens is 315 g/mol. The van der Waals surface area contributed by atoms with Gasteiger partial charge in [-0.3, -0.25) is 0 Å². The Hall–Kier alpha value is -0.250. The Bertz CT molecular complexity index is 425. The zero-order valence-electron chi connectivity index (χ0n) is 9.11. The minimum absolute atomic E-state index is 0.280. The van der Waals surface area contributed by atoms with Crippen molar-refractivity contribution in [2.24, 2.45) is 0 Å². The molecule has 88 valence electrons. The van der Waals surface area contributed by atoms with Crippen LogP contribution in [-0.2, 0) is 4.74 Å². The molecule has 0 aliphatic carbocycles. The van der Waals surface area contributed by atoms with Crippen molar-refractivity contribution in [2.45, 2.75) is 26.4 Å². The van der Waals surface area contributed by atoms with E-state index in [1.807, 2.05) is 0 Å². The first-order valence-corrected chi connectivity index (χ1v) is 6.13. The van der Waals surface area contributed by atoms with Crippen LogP contribution in [0.4, 0.5) is 0 Å². The molecule has 0 saturated heterocycles. The number of hydrogen-bond donors (Lipinski definition) is 0. The van der Waals surface area contributed by atoms with Crippen molar-refractivity contribution in [3.8, 4) is 0 Å². The second-order valence-electron chi connectivity index (χ2n) is 4.25. The molecule has 0 amide bonds. The highest BCUT2D eigenvalue weighted by molar-refractivity contribution is 9.10. The molecule has 0 aliphatic rings. The Morgan fingerprint density at radius 3 is 2.31 bits per heavy atom. The minimum Gasteiger partial charge on any atom is -0.456 e. The largest absolute Gasteiger partial charge is 0.456 e. The van der Waals surface area contributed by atoms with Crippen molar-refractivity contribution < 1.29 is 9.53 Å². The van der Waals surface area contributed by atoms with Crippen molar-refractivity contribution in [3.63, 3.8) is 0 Å². The van der Waals surface area contributed by atoms with Crippen LogP contribution in [0.1, 0.15) is 31.1 Å². The summed E-state index contributed by atoms with van der Waals surface area (Å²) in [7, 11) is 0. The van der Waals surface area contributed by atoms with Crippen LogP contribution in [0.3, 0.4) is 0 Å². The van der Waals surface area contributed by atoms with Gasteiger partial charge in [0, 0.05) is 4.47 Å². The Morgan fingerprint density at radius 1 is 1.25 bits per heavy atom. The molecule has 0 radical (unpaired) electrons. The molecule has 1 aromatic rings. The van der Waals surface area contributed by atoms with Gasteiger partial charge in [0.15, 0.2) is 0 Å². The number of hydrogen-bond acceptors (Lipinski definition) is 2. The highest BCUT2D eigenvalue weighted by atomic mass is 79.9. The highest BCUT2D eigenvalue weighted by Gasteiger charge is 2.20. The van der Waals surface area contributed by atoms with E-state index in [4.69, 9.17) is 27.9 Å². The minimum atomic E-state index is -0.549. The third-order valence-corrected chi connectivity index (χ3v) is 3.14. The van der Waals surface area contributed by atoms with Gasteiger partial charge in [-0.25, -0.2) is 4.79 Å². The van der Waals surface area contributed by atoms with Gasteiger partial charge in [-0.15, -0.1) is 0 Å². The van der Waals surface area contributed by atoms with E-state index in [9.17, 15) is 4.79 Å². The second-order valence-corrected chi connectivity index (χ2v) is 5.92. The number of rotatable bonds is 1. The quantitative estimate of drug-likeness (QED) is 0.552. The van der Waals surface area contributed by atoms with E-state index >= 15 is 0 Å². The van der Waals surface area contributed by atoms with E-state index in [1.165, 1.54) is 6.07 Å². The van der Waals surface area contributed by atoms with Crippen LogP contribution in [-0.4, -0.2) is 11.6 Å². The lowest BCUT2D eigenvalue weighted by molar-refractivity contribution is 0.00697. The molecule has 0 bridgehead atoms. The summed E-state index contributed by atoms with van der Waals surface area (Å²) in [6.45, 7) is 5.39. The van der Waals surface area contributed by atoms with Crippen LogP contribution in [0.5, 0.6) is 0 Å². The highest BCUT2D eigenvalue weighted by Crippen LogP contribution is 2.30. The molecule has 0 saturated carbocycles. The maximum Gasteiger partial charge on any atom is 0.340 e. The number of carbonyl (C=O) groups excluding carboxylic acids is 1. The predicted octanol–water partition coefficient (Wildman–Crippen LogP) is 4.71. The maximum atomic E-state index is 11.8. The molecule has 2 nitrogen and oxygen atoms in total. The third kappa shape index (κ3) is 3.65. The summed E-state index contributed by atoms with van der Waals surface area (Å²) in [4.78, 5) is 11.8. The number of ether oxygens (including phenoxy) is 1. The molecule has 0 fully saturated rings. The fourth-order valence-electron chi connectivity index (χ4n) is 1.01. The van der Waals surface area contributed by atoms with E-state index < -0.39 is 11.6 Å². The first-order chi connectivity index (χ1) is 7.20. The maximum absolute atomic E-state index is 11.8. The summed E-state index contributed by atoms with van der Waals surface area (Å²) in [5.74, 6) is -0.463. The van der Waals surface area contributed by atoms with E-state index in [2.05, 4.69) is 15.9 Å². The van der Waals surface area contributed by atoms with Gasteiger partial charge < -0.3 is 4.74 Å². The van der Waals surface area contributed by atoms with E-state index in [1.54, 1.807) is 26.8 Å². The summed E-state index contributed by atoms with van der Waals surface area (Å²) in [6.07, 6.45) is 0. The molecule has 16 heavy (non-hydrogen) atoms. The van der Waals surface area contributed by atoms with Crippen LogP contribution in [0.15, 0.2) is 16.6 Å². The molecule has 0 unspecified atom stereocenters. The topological polar surface area (TPSA) is 26.3 Å². The normalized spacial score (nSPS) is 11.4. The van der Waals surface area contributed by atoms with Gasteiger partial charge in [0.1, 0.15) is 5.60 Å². The predicted molar refractivity (Wildman–Crippen MR) is 69.3 cm³/mol. The zero-order chi connectivity index (χ0) is 12.5. The molecular formula is C11H11BrCl2O2. The summed E-state index contributed by atoms with van der Waals surface area (Å²) >= 11 is 15.0. The molecule has 0 heterocycles. The van der Waals surface area contributed by atoms with E-state index in [-0.39, 0.29) is 5.02 Å². The fourth-order valence-corrected chi connectivity index (χ4v) is 1.82. The summed E-state index contributed by atoms with van der Waals surface area (Å²) < 4.78 is 5.82.